The number of nitrogens with one attached hydrogen (secondary N) is 1. The topological polar surface area (TPSA) is 52.6 Å². The number of amides is 2. The van der Waals surface area contributed by atoms with Gasteiger partial charge in [-0.1, -0.05) is 17.8 Å². The van der Waals surface area contributed by atoms with E-state index in [0.29, 0.717) is 41.9 Å². The second-order valence-corrected chi connectivity index (χ2v) is 5.29. The molecule has 1 aromatic rings. The Morgan fingerprint density at radius 2 is 2.32 bits per heavy atom. The maximum Gasteiger partial charge on any atom is 0.321 e. The van der Waals surface area contributed by atoms with Crippen molar-refractivity contribution in [3.8, 4) is 0 Å². The Labute approximate surface area is 113 Å². The fraction of sp³-hybridized carbons (Fsp3) is 0.417. The number of nitrogens with zero attached hydrogens (tertiary/aromatic N) is 1. The molecule has 1 aliphatic rings. The Hall–Kier alpha value is -1.34. The largest absolute Gasteiger partial charge is 0.391 e. The SMILES string of the molecule is O=C(Nc1cccc(SC(F)F)c1)N1CC[C@H](O)C1. The van der Waals surface area contributed by atoms with E-state index in [2.05, 4.69) is 5.32 Å². The first-order valence-corrected chi connectivity index (χ1v) is 6.71. The molecule has 0 saturated carbocycles. The van der Waals surface area contributed by atoms with Gasteiger partial charge in [0.15, 0.2) is 0 Å². The number of aliphatic hydroxyl groups is 1. The van der Waals surface area contributed by atoms with Gasteiger partial charge in [-0.25, -0.2) is 4.79 Å². The minimum Gasteiger partial charge on any atom is -0.391 e. The summed E-state index contributed by atoms with van der Waals surface area (Å²) in [7, 11) is 0. The summed E-state index contributed by atoms with van der Waals surface area (Å²) in [6, 6.07) is 5.99. The Balaban J connectivity index is 1.96. The van der Waals surface area contributed by atoms with Crippen molar-refractivity contribution < 1.29 is 18.7 Å². The number of halogens is 2. The van der Waals surface area contributed by atoms with E-state index in [1.54, 1.807) is 18.2 Å². The standard InChI is InChI=1S/C12H14F2N2O2S/c13-11(14)19-10-3-1-2-8(6-10)15-12(18)16-5-4-9(17)7-16/h1-3,6,9,11,17H,4-5,7H2,(H,15,18)/t9-/m0/s1. The van der Waals surface area contributed by atoms with E-state index in [0.717, 1.165) is 0 Å². The molecular weight excluding hydrogens is 274 g/mol. The number of likely N-dealkylation sites (tertiary alicyclic amines) is 1. The third-order valence-electron chi connectivity index (χ3n) is 2.76. The van der Waals surface area contributed by atoms with Crippen LogP contribution in [0.2, 0.25) is 0 Å². The number of urea groups is 1. The first-order valence-electron chi connectivity index (χ1n) is 5.83. The number of hydrogen-bond acceptors (Lipinski definition) is 3. The zero-order chi connectivity index (χ0) is 13.8. The lowest BCUT2D eigenvalue weighted by molar-refractivity contribution is 0.176. The van der Waals surface area contributed by atoms with Gasteiger partial charge in [-0.15, -0.1) is 0 Å². The lowest BCUT2D eigenvalue weighted by atomic mass is 10.3. The molecule has 104 valence electrons. The van der Waals surface area contributed by atoms with Gasteiger partial charge < -0.3 is 15.3 Å². The van der Waals surface area contributed by atoms with Crippen molar-refractivity contribution in [3.63, 3.8) is 0 Å². The van der Waals surface area contributed by atoms with E-state index in [4.69, 9.17) is 0 Å². The van der Waals surface area contributed by atoms with Crippen LogP contribution in [0.3, 0.4) is 0 Å². The van der Waals surface area contributed by atoms with Crippen LogP contribution < -0.4 is 5.32 Å². The zero-order valence-corrected chi connectivity index (χ0v) is 10.9. The first-order chi connectivity index (χ1) is 9.04. The Morgan fingerprint density at radius 3 is 2.95 bits per heavy atom. The molecule has 7 heteroatoms. The highest BCUT2D eigenvalue weighted by Crippen LogP contribution is 2.27. The van der Waals surface area contributed by atoms with Gasteiger partial charge in [-0.05, 0) is 24.6 Å². The molecule has 2 N–H and O–H groups in total. The van der Waals surface area contributed by atoms with Crippen LogP contribution >= 0.6 is 11.8 Å². The second-order valence-electron chi connectivity index (χ2n) is 4.23. The average molecular weight is 288 g/mol. The zero-order valence-electron chi connectivity index (χ0n) is 10.1. The van der Waals surface area contributed by atoms with Gasteiger partial charge in [0.05, 0.1) is 6.10 Å². The molecule has 0 radical (unpaired) electrons. The molecule has 2 rings (SSSR count). The number of alkyl halides is 2. The maximum absolute atomic E-state index is 12.2. The van der Waals surface area contributed by atoms with Crippen molar-refractivity contribution in [3.05, 3.63) is 24.3 Å². The van der Waals surface area contributed by atoms with Gasteiger partial charge in [-0.2, -0.15) is 8.78 Å². The van der Waals surface area contributed by atoms with E-state index < -0.39 is 11.9 Å². The van der Waals surface area contributed by atoms with Gasteiger partial charge >= 0.3 is 6.03 Å². The van der Waals surface area contributed by atoms with E-state index in [1.807, 2.05) is 0 Å². The molecule has 0 aliphatic carbocycles. The second kappa shape index (κ2) is 6.21. The number of hydrogen-bond donors (Lipinski definition) is 2. The smallest absolute Gasteiger partial charge is 0.321 e. The van der Waals surface area contributed by atoms with Gasteiger partial charge in [-0.3, -0.25) is 0 Å². The quantitative estimate of drug-likeness (QED) is 0.841. The van der Waals surface area contributed by atoms with Crippen molar-refractivity contribution >= 4 is 23.5 Å². The summed E-state index contributed by atoms with van der Waals surface area (Å²) < 4.78 is 24.5. The predicted molar refractivity (Wildman–Crippen MR) is 69.5 cm³/mol. The van der Waals surface area contributed by atoms with Gasteiger partial charge in [0.2, 0.25) is 0 Å². The molecule has 0 aromatic heterocycles. The van der Waals surface area contributed by atoms with Crippen LogP contribution in [0.15, 0.2) is 29.2 Å². The number of aliphatic hydroxyl groups excluding tert-OH is 1. The summed E-state index contributed by atoms with van der Waals surface area (Å²) in [5, 5.41) is 12.0. The summed E-state index contributed by atoms with van der Waals surface area (Å²) in [4.78, 5) is 13.7. The van der Waals surface area contributed by atoms with Crippen molar-refractivity contribution in [2.75, 3.05) is 18.4 Å². The van der Waals surface area contributed by atoms with Crippen LogP contribution in [0.4, 0.5) is 19.3 Å². The Kier molecular flexibility index (Phi) is 4.60. The number of carbonyl (C=O) groups is 1. The Morgan fingerprint density at radius 1 is 1.53 bits per heavy atom. The number of β-amino-alcohol motifs (C(OH)–C–C–N with tert-alkyl or cyclic N) is 1. The number of anilines is 1. The van der Waals surface area contributed by atoms with Crippen LogP contribution in [0.5, 0.6) is 0 Å². The third kappa shape index (κ3) is 4.07. The molecule has 19 heavy (non-hydrogen) atoms. The normalized spacial score (nSPS) is 18.9. The molecule has 0 unspecified atom stereocenters. The van der Waals surface area contributed by atoms with Crippen molar-refractivity contribution in [2.45, 2.75) is 23.2 Å². The van der Waals surface area contributed by atoms with Crippen LogP contribution in [-0.2, 0) is 0 Å². The maximum atomic E-state index is 12.2. The lowest BCUT2D eigenvalue weighted by Crippen LogP contribution is -2.33. The third-order valence-corrected chi connectivity index (χ3v) is 3.47. The molecule has 0 bridgehead atoms. The summed E-state index contributed by atoms with van der Waals surface area (Å²) in [6.45, 7) is 0.801. The molecule has 0 spiro atoms. The van der Waals surface area contributed by atoms with E-state index in [9.17, 15) is 18.7 Å². The minimum absolute atomic E-state index is 0.303. The molecule has 1 atom stereocenters. The highest BCUT2D eigenvalue weighted by molar-refractivity contribution is 7.99. The van der Waals surface area contributed by atoms with E-state index in [1.165, 1.54) is 11.0 Å². The number of rotatable bonds is 3. The molecule has 1 aliphatic heterocycles. The molecule has 1 heterocycles. The van der Waals surface area contributed by atoms with Gasteiger partial charge in [0, 0.05) is 23.7 Å². The first kappa shape index (κ1) is 14.1. The summed E-state index contributed by atoms with van der Waals surface area (Å²) in [6.07, 6.45) is 0.0841. The number of carbonyl (C=O) groups excluding carboxylic acids is 1. The van der Waals surface area contributed by atoms with Crippen molar-refractivity contribution in [1.29, 1.82) is 0 Å². The molecular formula is C12H14F2N2O2S. The summed E-state index contributed by atoms with van der Waals surface area (Å²) >= 11 is 0.434. The van der Waals surface area contributed by atoms with E-state index >= 15 is 0 Å². The summed E-state index contributed by atoms with van der Waals surface area (Å²) in [5.74, 6) is -2.49. The molecule has 4 nitrogen and oxygen atoms in total. The number of benzene rings is 1. The fourth-order valence-electron chi connectivity index (χ4n) is 1.88. The van der Waals surface area contributed by atoms with Crippen LogP contribution in [0.25, 0.3) is 0 Å². The van der Waals surface area contributed by atoms with Crippen LogP contribution in [0, 0.1) is 0 Å². The minimum atomic E-state index is -2.49. The molecule has 1 saturated heterocycles. The summed E-state index contributed by atoms with van der Waals surface area (Å²) in [5.41, 5.74) is 0.469. The molecule has 1 fully saturated rings. The van der Waals surface area contributed by atoms with Crippen molar-refractivity contribution in [2.24, 2.45) is 0 Å². The van der Waals surface area contributed by atoms with E-state index in [-0.39, 0.29) is 6.03 Å². The monoisotopic (exact) mass is 288 g/mol. The molecule has 1 aromatic carbocycles. The highest BCUT2D eigenvalue weighted by atomic mass is 32.2. The predicted octanol–water partition coefficient (Wildman–Crippen LogP) is 2.60. The molecule has 2 amide bonds. The van der Waals surface area contributed by atoms with Crippen molar-refractivity contribution in [1.82, 2.24) is 4.90 Å². The fourth-order valence-corrected chi connectivity index (χ4v) is 2.44. The Bertz CT molecular complexity index is 459. The average Bonchev–Trinajstić information content (AvgIpc) is 2.75. The highest BCUT2D eigenvalue weighted by Gasteiger charge is 2.24. The van der Waals surface area contributed by atoms with Gasteiger partial charge in [0.1, 0.15) is 0 Å². The number of thioether (sulfide) groups is 1. The lowest BCUT2D eigenvalue weighted by Gasteiger charge is -2.16. The van der Waals surface area contributed by atoms with Crippen LogP contribution in [-0.4, -0.2) is 41.0 Å². The van der Waals surface area contributed by atoms with Crippen LogP contribution in [0.1, 0.15) is 6.42 Å². The van der Waals surface area contributed by atoms with Gasteiger partial charge in [0.25, 0.3) is 5.76 Å².